The molecule has 0 radical (unpaired) electrons. The van der Waals surface area contributed by atoms with E-state index < -0.39 is 41.6 Å². The Balaban J connectivity index is 2.24. The van der Waals surface area contributed by atoms with Gasteiger partial charge in [-0.2, -0.15) is 5.10 Å². The summed E-state index contributed by atoms with van der Waals surface area (Å²) < 4.78 is 30.3. The average molecular weight is 384 g/mol. The van der Waals surface area contributed by atoms with Crippen molar-refractivity contribution in [3.63, 3.8) is 0 Å². The van der Waals surface area contributed by atoms with E-state index in [1.165, 1.54) is 19.2 Å². The summed E-state index contributed by atoms with van der Waals surface area (Å²) in [6.07, 6.45) is -1.58. The maximum absolute atomic E-state index is 12.3. The lowest BCUT2D eigenvalue weighted by atomic mass is 10.2. The van der Waals surface area contributed by atoms with Crippen molar-refractivity contribution in [3.05, 3.63) is 46.3 Å². The van der Waals surface area contributed by atoms with Crippen LogP contribution in [0.2, 0.25) is 0 Å². The molecule has 2 N–H and O–H groups in total. The second-order valence-corrected chi connectivity index (χ2v) is 5.31. The smallest absolute Gasteiger partial charge is 0.354 e. The molecule has 2 aromatic rings. The number of alkyl halides is 2. The van der Waals surface area contributed by atoms with Crippen molar-refractivity contribution in [2.45, 2.75) is 19.4 Å². The first-order valence-corrected chi connectivity index (χ1v) is 7.47. The highest BCUT2D eigenvalue weighted by atomic mass is 19.3. The van der Waals surface area contributed by atoms with Crippen molar-refractivity contribution in [2.24, 2.45) is 0 Å². The van der Waals surface area contributed by atoms with Crippen LogP contribution in [0.5, 0.6) is 5.75 Å². The van der Waals surface area contributed by atoms with Crippen molar-refractivity contribution in [3.8, 4) is 5.75 Å². The van der Waals surface area contributed by atoms with E-state index in [-0.39, 0.29) is 17.1 Å². The van der Waals surface area contributed by atoms with Crippen molar-refractivity contribution in [1.82, 2.24) is 9.78 Å². The number of halogens is 2. The number of ether oxygens (including phenoxy) is 1. The number of anilines is 1. The van der Waals surface area contributed by atoms with Gasteiger partial charge in [0.2, 0.25) is 5.91 Å². The first-order valence-electron chi connectivity index (χ1n) is 7.47. The Kier molecular flexibility index (Phi) is 6.00. The fourth-order valence-electron chi connectivity index (χ4n) is 2.15. The third-order valence-corrected chi connectivity index (χ3v) is 3.38. The van der Waals surface area contributed by atoms with Crippen LogP contribution in [0.3, 0.4) is 0 Å². The number of carbonyl (C=O) groups excluding carboxylic acids is 1. The zero-order valence-corrected chi connectivity index (χ0v) is 13.8. The summed E-state index contributed by atoms with van der Waals surface area (Å²) in [7, 11) is 0. The zero-order valence-electron chi connectivity index (χ0n) is 13.8. The lowest BCUT2D eigenvalue weighted by Crippen LogP contribution is -2.26. The van der Waals surface area contributed by atoms with Crippen LogP contribution < -0.4 is 10.1 Å². The molecule has 27 heavy (non-hydrogen) atoms. The van der Waals surface area contributed by atoms with Gasteiger partial charge in [0.15, 0.2) is 0 Å². The highest BCUT2D eigenvalue weighted by Gasteiger charge is 2.22. The van der Waals surface area contributed by atoms with Gasteiger partial charge in [0.05, 0.1) is 16.7 Å². The minimum absolute atomic E-state index is 0.0747. The van der Waals surface area contributed by atoms with Gasteiger partial charge in [-0.05, 0) is 13.0 Å². The van der Waals surface area contributed by atoms with Crippen LogP contribution in [0.1, 0.15) is 23.5 Å². The monoisotopic (exact) mass is 384 g/mol. The van der Waals surface area contributed by atoms with Crippen LogP contribution in [-0.2, 0) is 4.79 Å². The van der Waals surface area contributed by atoms with E-state index >= 15 is 0 Å². The standard InChI is InChI=1S/C15H14F2N4O6/c1-8(20-12(15(23)24)2-3-18-20)14(22)19-9-4-10(21(25)26)6-11(5-9)27-7-13(16)17/h2-6,8,13H,7H2,1H3,(H,19,22)(H,23,24). The fraction of sp³-hybridized carbons (Fsp3) is 0.267. The predicted molar refractivity (Wildman–Crippen MR) is 87.1 cm³/mol. The van der Waals surface area contributed by atoms with E-state index in [1.807, 2.05) is 0 Å². The second-order valence-electron chi connectivity index (χ2n) is 5.31. The minimum Gasteiger partial charge on any atom is -0.487 e. The molecule has 1 heterocycles. The number of carboxylic acids is 1. The molecule has 0 fully saturated rings. The molecule has 1 amide bonds. The SMILES string of the molecule is CC(C(=O)Nc1cc(OCC(F)F)cc([N+](=O)[O-])c1)n1nccc1C(=O)O. The molecule has 1 aromatic heterocycles. The quantitative estimate of drug-likeness (QED) is 0.526. The van der Waals surface area contributed by atoms with Crippen molar-refractivity contribution < 1.29 is 33.1 Å². The minimum atomic E-state index is -2.78. The van der Waals surface area contributed by atoms with Crippen LogP contribution in [0.4, 0.5) is 20.2 Å². The third-order valence-electron chi connectivity index (χ3n) is 3.38. The number of nitrogens with one attached hydrogen (secondary N) is 1. The molecule has 0 spiro atoms. The summed E-state index contributed by atoms with van der Waals surface area (Å²) in [5.74, 6) is -2.23. The number of aromatic carboxylic acids is 1. The third kappa shape index (κ3) is 4.96. The molecule has 0 aliphatic rings. The van der Waals surface area contributed by atoms with Crippen molar-refractivity contribution >= 4 is 23.3 Å². The van der Waals surface area contributed by atoms with Crippen LogP contribution in [0.15, 0.2) is 30.5 Å². The molecule has 0 aliphatic carbocycles. The Hall–Kier alpha value is -3.57. The normalized spacial score (nSPS) is 11.9. The number of amides is 1. The molecule has 1 unspecified atom stereocenters. The number of non-ortho nitro benzene ring substituents is 1. The van der Waals surface area contributed by atoms with E-state index in [4.69, 9.17) is 9.84 Å². The molecular weight excluding hydrogens is 370 g/mol. The zero-order chi connectivity index (χ0) is 20.1. The molecule has 1 atom stereocenters. The van der Waals surface area contributed by atoms with Gasteiger partial charge in [0.1, 0.15) is 24.1 Å². The van der Waals surface area contributed by atoms with E-state index in [0.29, 0.717) is 0 Å². The number of hydrogen-bond donors (Lipinski definition) is 2. The Morgan fingerprint density at radius 2 is 2.11 bits per heavy atom. The van der Waals surface area contributed by atoms with E-state index in [9.17, 15) is 28.5 Å². The highest BCUT2D eigenvalue weighted by Crippen LogP contribution is 2.27. The van der Waals surface area contributed by atoms with Gasteiger partial charge >= 0.3 is 5.97 Å². The number of hydrogen-bond acceptors (Lipinski definition) is 6. The average Bonchev–Trinajstić information content (AvgIpc) is 3.09. The largest absolute Gasteiger partial charge is 0.487 e. The Labute approximate surface area is 150 Å². The number of aromatic nitrogens is 2. The summed E-state index contributed by atoms with van der Waals surface area (Å²) in [6, 6.07) is 3.24. The molecular formula is C15H14F2N4O6. The van der Waals surface area contributed by atoms with Gasteiger partial charge < -0.3 is 15.2 Å². The molecule has 0 saturated heterocycles. The Morgan fingerprint density at radius 1 is 1.41 bits per heavy atom. The maximum atomic E-state index is 12.3. The van der Waals surface area contributed by atoms with E-state index in [0.717, 1.165) is 22.9 Å². The lowest BCUT2D eigenvalue weighted by molar-refractivity contribution is -0.384. The topological polar surface area (TPSA) is 137 Å². The second kappa shape index (κ2) is 8.21. The first kappa shape index (κ1) is 19.8. The fourth-order valence-corrected chi connectivity index (χ4v) is 2.15. The van der Waals surface area contributed by atoms with Gasteiger partial charge in [-0.25, -0.2) is 18.3 Å². The molecule has 12 heteroatoms. The lowest BCUT2D eigenvalue weighted by Gasteiger charge is -2.15. The molecule has 10 nitrogen and oxygen atoms in total. The molecule has 0 bridgehead atoms. The van der Waals surface area contributed by atoms with Gasteiger partial charge in [-0.3, -0.25) is 14.9 Å². The summed E-state index contributed by atoms with van der Waals surface area (Å²) >= 11 is 0. The molecule has 0 saturated carbocycles. The molecule has 0 aliphatic heterocycles. The Bertz CT molecular complexity index is 870. The van der Waals surface area contributed by atoms with E-state index in [1.54, 1.807) is 0 Å². The summed E-state index contributed by atoms with van der Waals surface area (Å²) in [6.45, 7) is 0.403. The number of benzene rings is 1. The van der Waals surface area contributed by atoms with E-state index in [2.05, 4.69) is 10.4 Å². The van der Waals surface area contributed by atoms with Crippen LogP contribution in [0, 0.1) is 10.1 Å². The number of nitro groups is 1. The highest BCUT2D eigenvalue weighted by molar-refractivity contribution is 5.95. The van der Waals surface area contributed by atoms with Crippen LogP contribution in [0.25, 0.3) is 0 Å². The van der Waals surface area contributed by atoms with Gasteiger partial charge in [-0.1, -0.05) is 0 Å². The van der Waals surface area contributed by atoms with Gasteiger partial charge in [0, 0.05) is 18.3 Å². The van der Waals surface area contributed by atoms with Crippen molar-refractivity contribution in [1.29, 1.82) is 0 Å². The Morgan fingerprint density at radius 3 is 2.70 bits per heavy atom. The number of nitrogens with zero attached hydrogens (tertiary/aromatic N) is 3. The molecule has 1 aromatic carbocycles. The maximum Gasteiger partial charge on any atom is 0.354 e. The number of nitro benzene ring substituents is 1. The van der Waals surface area contributed by atoms with Crippen LogP contribution >= 0.6 is 0 Å². The van der Waals surface area contributed by atoms with Gasteiger partial charge in [0.25, 0.3) is 12.1 Å². The predicted octanol–water partition coefficient (Wildman–Crippen LogP) is 2.33. The number of rotatable bonds is 8. The summed E-state index contributed by atoms with van der Waals surface area (Å²) in [5.41, 5.74) is -0.776. The molecule has 2 rings (SSSR count). The number of carboxylic acid groups (broad SMARTS) is 1. The summed E-state index contributed by atoms with van der Waals surface area (Å²) in [5, 5.41) is 26.2. The summed E-state index contributed by atoms with van der Waals surface area (Å²) in [4.78, 5) is 33.7. The first-order chi connectivity index (χ1) is 12.7. The van der Waals surface area contributed by atoms with Crippen molar-refractivity contribution in [2.75, 3.05) is 11.9 Å². The number of carbonyl (C=O) groups is 2. The van der Waals surface area contributed by atoms with Gasteiger partial charge in [-0.15, -0.1) is 0 Å². The molecule has 144 valence electrons. The van der Waals surface area contributed by atoms with Crippen LogP contribution in [-0.4, -0.2) is 44.7 Å².